The van der Waals surface area contributed by atoms with Crippen LogP contribution < -0.4 is 5.32 Å². The molecule has 0 fully saturated rings. The Labute approximate surface area is 152 Å². The minimum absolute atomic E-state index is 0.267. The first kappa shape index (κ1) is 18.5. The average Bonchev–Trinajstić information content (AvgIpc) is 2.53. The van der Waals surface area contributed by atoms with E-state index in [1.807, 2.05) is 61.5 Å². The Hall–Kier alpha value is -1.81. The minimum atomic E-state index is -0.480. The SMILES string of the molecule is CC(C)CC(C)(NC(=O)OCc1ccccc1)c1cccc(Br)c1. The fourth-order valence-corrected chi connectivity index (χ4v) is 3.27. The molecule has 0 bridgehead atoms. The van der Waals surface area contributed by atoms with E-state index in [-0.39, 0.29) is 6.61 Å². The first-order valence-electron chi connectivity index (χ1n) is 8.14. The predicted molar refractivity (Wildman–Crippen MR) is 101 cm³/mol. The summed E-state index contributed by atoms with van der Waals surface area (Å²) in [6, 6.07) is 17.7. The highest BCUT2D eigenvalue weighted by Gasteiger charge is 2.30. The van der Waals surface area contributed by atoms with Gasteiger partial charge in [0.1, 0.15) is 6.61 Å². The molecule has 0 heterocycles. The Kier molecular flexibility index (Phi) is 6.44. The number of nitrogens with one attached hydrogen (secondary N) is 1. The molecule has 2 rings (SSSR count). The lowest BCUT2D eigenvalue weighted by Crippen LogP contribution is -2.44. The van der Waals surface area contributed by atoms with Crippen LogP contribution >= 0.6 is 15.9 Å². The summed E-state index contributed by atoms with van der Waals surface area (Å²) in [5.41, 5.74) is 1.55. The Morgan fingerprint density at radius 3 is 2.50 bits per heavy atom. The van der Waals surface area contributed by atoms with Gasteiger partial charge >= 0.3 is 6.09 Å². The highest BCUT2D eigenvalue weighted by molar-refractivity contribution is 9.10. The van der Waals surface area contributed by atoms with Crippen molar-refractivity contribution < 1.29 is 9.53 Å². The lowest BCUT2D eigenvalue weighted by molar-refractivity contribution is 0.124. The van der Waals surface area contributed by atoms with Crippen LogP contribution in [0.15, 0.2) is 59.1 Å². The number of halogens is 1. The minimum Gasteiger partial charge on any atom is -0.445 e. The second kappa shape index (κ2) is 8.34. The van der Waals surface area contributed by atoms with Crippen molar-refractivity contribution in [3.05, 3.63) is 70.2 Å². The van der Waals surface area contributed by atoms with Gasteiger partial charge in [-0.2, -0.15) is 0 Å². The molecule has 1 atom stereocenters. The molecule has 1 N–H and O–H groups in total. The van der Waals surface area contributed by atoms with Crippen LogP contribution in [0.25, 0.3) is 0 Å². The number of benzene rings is 2. The summed E-state index contributed by atoms with van der Waals surface area (Å²) >= 11 is 3.50. The molecule has 2 aromatic rings. The molecular weight excluding hydrogens is 366 g/mol. The number of ether oxygens (including phenoxy) is 1. The molecule has 0 aliphatic heterocycles. The molecule has 4 heteroatoms. The summed E-state index contributed by atoms with van der Waals surface area (Å²) < 4.78 is 6.39. The zero-order valence-corrected chi connectivity index (χ0v) is 16.0. The van der Waals surface area contributed by atoms with E-state index >= 15 is 0 Å². The summed E-state index contributed by atoms with van der Waals surface area (Å²) in [6.45, 7) is 6.60. The Morgan fingerprint density at radius 1 is 1.17 bits per heavy atom. The first-order chi connectivity index (χ1) is 11.4. The van der Waals surface area contributed by atoms with E-state index in [0.29, 0.717) is 5.92 Å². The third kappa shape index (κ3) is 5.38. The molecule has 0 saturated heterocycles. The van der Waals surface area contributed by atoms with E-state index in [4.69, 9.17) is 4.74 Å². The van der Waals surface area contributed by atoms with Crippen LogP contribution in [0.4, 0.5) is 4.79 Å². The van der Waals surface area contributed by atoms with Crippen molar-refractivity contribution in [1.82, 2.24) is 5.32 Å². The van der Waals surface area contributed by atoms with Gasteiger partial charge in [0.25, 0.3) is 0 Å². The van der Waals surface area contributed by atoms with Crippen molar-refractivity contribution >= 4 is 22.0 Å². The van der Waals surface area contributed by atoms with Gasteiger partial charge in [-0.05, 0) is 42.5 Å². The molecule has 3 nitrogen and oxygen atoms in total. The quantitative estimate of drug-likeness (QED) is 0.694. The number of carbonyl (C=O) groups excluding carboxylic acids is 1. The molecule has 0 radical (unpaired) electrons. The average molecular weight is 390 g/mol. The molecular formula is C20H24BrNO2. The highest BCUT2D eigenvalue weighted by Crippen LogP contribution is 2.30. The molecule has 0 aliphatic carbocycles. The van der Waals surface area contributed by atoms with Crippen LogP contribution in [0.3, 0.4) is 0 Å². The molecule has 1 unspecified atom stereocenters. The van der Waals surface area contributed by atoms with Gasteiger partial charge in [-0.25, -0.2) is 4.79 Å². The van der Waals surface area contributed by atoms with Gasteiger partial charge in [-0.1, -0.05) is 72.2 Å². The van der Waals surface area contributed by atoms with Crippen molar-refractivity contribution in [3.63, 3.8) is 0 Å². The van der Waals surface area contributed by atoms with E-state index in [0.717, 1.165) is 22.0 Å². The number of amides is 1. The molecule has 0 aromatic heterocycles. The zero-order valence-electron chi connectivity index (χ0n) is 14.4. The molecule has 24 heavy (non-hydrogen) atoms. The highest BCUT2D eigenvalue weighted by atomic mass is 79.9. The standard InChI is InChI=1S/C20H24BrNO2/c1-15(2)13-20(3,17-10-7-11-18(21)12-17)22-19(23)24-14-16-8-5-4-6-9-16/h4-12,15H,13-14H2,1-3H3,(H,22,23). The maximum atomic E-state index is 12.3. The van der Waals surface area contributed by atoms with Crippen LogP contribution in [0.2, 0.25) is 0 Å². The van der Waals surface area contributed by atoms with E-state index in [1.54, 1.807) is 0 Å². The third-order valence-corrected chi connectivity index (χ3v) is 4.36. The van der Waals surface area contributed by atoms with Gasteiger partial charge in [0, 0.05) is 4.47 Å². The van der Waals surface area contributed by atoms with Gasteiger partial charge in [-0.15, -0.1) is 0 Å². The van der Waals surface area contributed by atoms with Crippen LogP contribution in [0, 0.1) is 5.92 Å². The second-order valence-electron chi connectivity index (χ2n) is 6.63. The smallest absolute Gasteiger partial charge is 0.408 e. The number of rotatable bonds is 6. The summed E-state index contributed by atoms with van der Waals surface area (Å²) in [5.74, 6) is 0.434. The van der Waals surface area contributed by atoms with Crippen LogP contribution in [0.1, 0.15) is 38.3 Å². The number of alkyl carbamates (subject to hydrolysis) is 1. The van der Waals surface area contributed by atoms with Crippen LogP contribution in [-0.4, -0.2) is 6.09 Å². The molecule has 0 aliphatic rings. The van der Waals surface area contributed by atoms with Gasteiger partial charge in [0.2, 0.25) is 0 Å². The van der Waals surface area contributed by atoms with E-state index < -0.39 is 11.6 Å². The monoisotopic (exact) mass is 389 g/mol. The fourth-order valence-electron chi connectivity index (χ4n) is 2.87. The van der Waals surface area contributed by atoms with Crippen molar-refractivity contribution in [3.8, 4) is 0 Å². The van der Waals surface area contributed by atoms with Crippen molar-refractivity contribution in [1.29, 1.82) is 0 Å². The Morgan fingerprint density at radius 2 is 1.88 bits per heavy atom. The molecule has 2 aromatic carbocycles. The summed E-state index contributed by atoms with van der Waals surface area (Å²) in [6.07, 6.45) is 0.422. The van der Waals surface area contributed by atoms with Gasteiger partial charge in [0.15, 0.2) is 0 Å². The van der Waals surface area contributed by atoms with Crippen molar-refractivity contribution in [2.75, 3.05) is 0 Å². The second-order valence-corrected chi connectivity index (χ2v) is 7.54. The maximum Gasteiger partial charge on any atom is 0.408 e. The molecule has 1 amide bonds. The lowest BCUT2D eigenvalue weighted by atomic mass is 9.84. The molecule has 0 saturated carbocycles. The van der Waals surface area contributed by atoms with Crippen molar-refractivity contribution in [2.45, 2.75) is 39.3 Å². The van der Waals surface area contributed by atoms with Gasteiger partial charge in [0.05, 0.1) is 5.54 Å². The van der Waals surface area contributed by atoms with Gasteiger partial charge in [-0.3, -0.25) is 0 Å². The van der Waals surface area contributed by atoms with Crippen LogP contribution in [-0.2, 0) is 16.9 Å². The topological polar surface area (TPSA) is 38.3 Å². The summed E-state index contributed by atoms with van der Waals surface area (Å²) in [4.78, 5) is 12.3. The number of carbonyl (C=O) groups is 1. The zero-order chi connectivity index (χ0) is 17.6. The van der Waals surface area contributed by atoms with Gasteiger partial charge < -0.3 is 10.1 Å². The summed E-state index contributed by atoms with van der Waals surface area (Å²) in [7, 11) is 0. The Balaban J connectivity index is 2.09. The lowest BCUT2D eigenvalue weighted by Gasteiger charge is -2.33. The number of hydrogen-bond acceptors (Lipinski definition) is 2. The summed E-state index contributed by atoms with van der Waals surface area (Å²) in [5, 5.41) is 3.06. The fraction of sp³-hybridized carbons (Fsp3) is 0.350. The predicted octanol–water partition coefficient (Wildman–Crippen LogP) is 5.64. The number of hydrogen-bond donors (Lipinski definition) is 1. The van der Waals surface area contributed by atoms with E-state index in [9.17, 15) is 4.79 Å². The third-order valence-electron chi connectivity index (χ3n) is 3.87. The Bertz CT molecular complexity index is 672. The largest absolute Gasteiger partial charge is 0.445 e. The first-order valence-corrected chi connectivity index (χ1v) is 8.93. The molecule has 0 spiro atoms. The molecule has 128 valence electrons. The van der Waals surface area contributed by atoms with E-state index in [1.165, 1.54) is 0 Å². The van der Waals surface area contributed by atoms with Crippen molar-refractivity contribution in [2.24, 2.45) is 5.92 Å². The normalized spacial score (nSPS) is 13.4. The maximum absolute atomic E-state index is 12.3. The van der Waals surface area contributed by atoms with E-state index in [2.05, 4.69) is 35.1 Å². The van der Waals surface area contributed by atoms with Crippen LogP contribution in [0.5, 0.6) is 0 Å².